The number of fused-ring (bicyclic) bond motifs is 1. The van der Waals surface area contributed by atoms with Crippen LogP contribution in [-0.4, -0.2) is 102 Å². The minimum absolute atomic E-state index is 0.0984. The first-order valence-corrected chi connectivity index (χ1v) is 15.2. The van der Waals surface area contributed by atoms with Crippen LogP contribution in [0.1, 0.15) is 66.2 Å². The zero-order chi connectivity index (χ0) is 30.5. The van der Waals surface area contributed by atoms with Crippen LogP contribution in [0.5, 0.6) is 0 Å². The third kappa shape index (κ3) is 6.61. The van der Waals surface area contributed by atoms with E-state index in [0.717, 1.165) is 94.2 Å². The summed E-state index contributed by atoms with van der Waals surface area (Å²) in [6, 6.07) is 4.35. The van der Waals surface area contributed by atoms with Crippen LogP contribution in [0, 0.1) is 5.92 Å². The molecule has 4 heterocycles. The number of aliphatic imine (C=N–C) groups is 1. The maximum atomic E-state index is 13.2. The van der Waals surface area contributed by atoms with E-state index in [0.29, 0.717) is 22.6 Å². The van der Waals surface area contributed by atoms with Crippen molar-refractivity contribution in [3.8, 4) is 0 Å². The molecule has 2 unspecified atom stereocenters. The van der Waals surface area contributed by atoms with E-state index < -0.39 is 23.8 Å². The minimum atomic E-state index is -0.963. The molecule has 0 aromatic heterocycles. The van der Waals surface area contributed by atoms with Crippen LogP contribution in [-0.2, 0) is 14.4 Å². The first-order valence-electron chi connectivity index (χ1n) is 15.2. The molecule has 0 bridgehead atoms. The van der Waals surface area contributed by atoms with Gasteiger partial charge in [0, 0.05) is 76.1 Å². The van der Waals surface area contributed by atoms with Gasteiger partial charge in [-0.1, -0.05) is 26.0 Å². The average Bonchev–Trinajstić information content (AvgIpc) is 3.57. The zero-order valence-electron chi connectivity index (χ0n) is 24.8. The number of piperidine rings is 1. The number of amidine groups is 1. The number of benzene rings is 1. The number of anilines is 1. The largest absolute Gasteiger partial charge is 0.369 e. The first kappa shape index (κ1) is 30.3. The van der Waals surface area contributed by atoms with Gasteiger partial charge < -0.3 is 9.80 Å². The minimum Gasteiger partial charge on any atom is -0.369 e. The van der Waals surface area contributed by atoms with Gasteiger partial charge in [-0.15, -0.1) is 0 Å². The molecular formula is C32H40N6O5. The fraction of sp³-hybridized carbons (Fsp3) is 0.500. The third-order valence-corrected chi connectivity index (χ3v) is 8.82. The quantitative estimate of drug-likeness (QED) is 0.110. The van der Waals surface area contributed by atoms with E-state index in [1.807, 2.05) is 6.07 Å². The van der Waals surface area contributed by atoms with E-state index >= 15 is 0 Å². The number of hydrogen-bond donors (Lipinski definition) is 1. The second-order valence-corrected chi connectivity index (χ2v) is 11.7. The molecule has 2 atom stereocenters. The monoisotopic (exact) mass is 588 g/mol. The Morgan fingerprint density at radius 2 is 1.81 bits per heavy atom. The van der Waals surface area contributed by atoms with Gasteiger partial charge in [-0.25, -0.2) is 4.99 Å². The molecule has 43 heavy (non-hydrogen) atoms. The van der Waals surface area contributed by atoms with Crippen molar-refractivity contribution in [2.75, 3.05) is 50.7 Å². The molecular weight excluding hydrogens is 548 g/mol. The smallest absolute Gasteiger partial charge is 0.262 e. The van der Waals surface area contributed by atoms with Crippen LogP contribution < -0.4 is 10.2 Å². The molecule has 228 valence electrons. The van der Waals surface area contributed by atoms with Crippen LogP contribution in [0.15, 0.2) is 47.6 Å². The van der Waals surface area contributed by atoms with Crippen molar-refractivity contribution in [1.29, 1.82) is 0 Å². The zero-order valence-corrected chi connectivity index (χ0v) is 24.8. The molecule has 3 saturated heterocycles. The number of amides is 4. The first-order chi connectivity index (χ1) is 20.8. The summed E-state index contributed by atoms with van der Waals surface area (Å²) in [4.78, 5) is 74.1. The summed E-state index contributed by atoms with van der Waals surface area (Å²) in [5.74, 6) is -0.384. The Hall–Kier alpha value is -4.12. The van der Waals surface area contributed by atoms with Crippen LogP contribution in [0.2, 0.25) is 0 Å². The lowest BCUT2D eigenvalue weighted by Crippen LogP contribution is -2.54. The van der Waals surface area contributed by atoms with Crippen molar-refractivity contribution < 1.29 is 24.0 Å². The molecule has 4 amide bonds. The van der Waals surface area contributed by atoms with Gasteiger partial charge in [-0.05, 0) is 43.4 Å². The molecule has 3 fully saturated rings. The summed E-state index contributed by atoms with van der Waals surface area (Å²) < 4.78 is 0. The van der Waals surface area contributed by atoms with Crippen molar-refractivity contribution in [2.24, 2.45) is 10.9 Å². The highest BCUT2D eigenvalue weighted by Gasteiger charge is 2.44. The Balaban J connectivity index is 1.16. The summed E-state index contributed by atoms with van der Waals surface area (Å²) in [5.41, 5.74) is 1.97. The highest BCUT2D eigenvalue weighted by molar-refractivity contribution is 6.23. The number of aldehydes is 1. The molecule has 4 aliphatic rings. The predicted molar refractivity (Wildman–Crippen MR) is 163 cm³/mol. The molecule has 0 saturated carbocycles. The molecule has 1 aromatic carbocycles. The van der Waals surface area contributed by atoms with Gasteiger partial charge in [0.1, 0.15) is 11.9 Å². The molecule has 11 nitrogen and oxygen atoms in total. The summed E-state index contributed by atoms with van der Waals surface area (Å²) in [6.45, 7) is 12.1. The maximum absolute atomic E-state index is 13.2. The molecule has 5 rings (SSSR count). The number of nitrogens with one attached hydrogen (secondary N) is 1. The normalized spacial score (nSPS) is 23.6. The van der Waals surface area contributed by atoms with Crippen LogP contribution >= 0.6 is 0 Å². The number of unbranched alkanes of at least 4 members (excludes halogenated alkanes) is 1. The van der Waals surface area contributed by atoms with Gasteiger partial charge in [0.15, 0.2) is 6.29 Å². The van der Waals surface area contributed by atoms with Gasteiger partial charge in [-0.3, -0.25) is 39.1 Å². The van der Waals surface area contributed by atoms with E-state index in [2.05, 4.69) is 38.5 Å². The Morgan fingerprint density at radius 3 is 2.51 bits per heavy atom. The Bertz CT molecular complexity index is 1350. The van der Waals surface area contributed by atoms with Gasteiger partial charge in [-0.2, -0.15) is 0 Å². The molecule has 0 radical (unpaired) electrons. The summed E-state index contributed by atoms with van der Waals surface area (Å²) in [5, 5.41) is 2.23. The summed E-state index contributed by atoms with van der Waals surface area (Å²) in [6.07, 6.45) is 8.28. The van der Waals surface area contributed by atoms with Gasteiger partial charge in [0.25, 0.3) is 11.8 Å². The van der Waals surface area contributed by atoms with E-state index in [1.54, 1.807) is 18.3 Å². The summed E-state index contributed by atoms with van der Waals surface area (Å²) >= 11 is 0. The number of allylic oxidation sites excluding steroid dienone is 2. The standard InChI is InChI=1S/C32H40N6O5/c1-3-5-6-28(33-18-22(4-2)21-39)37-12-11-23(20-37)19-35-13-15-36(16-14-35)24-7-8-25-26(17-24)32(43)38(31(25)42)27-9-10-29(40)34-30(27)41/h4,7-8,17-18,21,23,27H,2-3,5-6,9-16,19-20H2,1H3,(H,34,40,41)/b22-18+,33-28?. The second kappa shape index (κ2) is 13.5. The molecule has 1 N–H and O–H groups in total. The van der Waals surface area contributed by atoms with Crippen molar-refractivity contribution >= 4 is 41.4 Å². The average molecular weight is 589 g/mol. The fourth-order valence-corrected chi connectivity index (χ4v) is 6.35. The highest BCUT2D eigenvalue weighted by atomic mass is 16.2. The van der Waals surface area contributed by atoms with Gasteiger partial charge >= 0.3 is 0 Å². The van der Waals surface area contributed by atoms with E-state index in [-0.39, 0.29) is 18.7 Å². The number of hydrogen-bond acceptors (Lipinski definition) is 8. The SMILES string of the molecule is C=C/C(C=O)=C\N=C(CCCC)N1CCC(CN2CCN(c3ccc4c(c3)C(=O)N(C3CCC(=O)NC3=O)C4=O)CC2)C1. The summed E-state index contributed by atoms with van der Waals surface area (Å²) in [7, 11) is 0. The highest BCUT2D eigenvalue weighted by Crippen LogP contribution is 2.31. The van der Waals surface area contributed by atoms with E-state index in [9.17, 15) is 24.0 Å². The maximum Gasteiger partial charge on any atom is 0.262 e. The van der Waals surface area contributed by atoms with Crippen molar-refractivity contribution in [2.45, 2.75) is 51.5 Å². The van der Waals surface area contributed by atoms with E-state index in [4.69, 9.17) is 0 Å². The fourth-order valence-electron chi connectivity index (χ4n) is 6.35. The van der Waals surface area contributed by atoms with Crippen molar-refractivity contribution in [3.63, 3.8) is 0 Å². The number of nitrogens with zero attached hydrogens (tertiary/aromatic N) is 5. The lowest BCUT2D eigenvalue weighted by molar-refractivity contribution is -0.136. The Morgan fingerprint density at radius 1 is 1.05 bits per heavy atom. The number of imide groups is 2. The topological polar surface area (TPSA) is 123 Å². The van der Waals surface area contributed by atoms with E-state index in [1.165, 1.54) is 6.08 Å². The lowest BCUT2D eigenvalue weighted by atomic mass is 10.0. The second-order valence-electron chi connectivity index (χ2n) is 11.7. The number of likely N-dealkylation sites (tertiary alicyclic amines) is 1. The van der Waals surface area contributed by atoms with Gasteiger partial charge in [0.2, 0.25) is 11.8 Å². The van der Waals surface area contributed by atoms with Crippen LogP contribution in [0.4, 0.5) is 5.69 Å². The molecule has 0 spiro atoms. The predicted octanol–water partition coefficient (Wildman–Crippen LogP) is 2.39. The van der Waals surface area contributed by atoms with Crippen LogP contribution in [0.3, 0.4) is 0 Å². The molecule has 11 heteroatoms. The molecule has 0 aliphatic carbocycles. The van der Waals surface area contributed by atoms with Crippen LogP contribution in [0.25, 0.3) is 0 Å². The van der Waals surface area contributed by atoms with Gasteiger partial charge in [0.05, 0.1) is 11.1 Å². The number of carbonyl (C=O) groups is 5. The lowest BCUT2D eigenvalue weighted by Gasteiger charge is -2.37. The number of rotatable bonds is 10. The number of piperazine rings is 1. The Labute approximate surface area is 252 Å². The molecule has 1 aromatic rings. The van der Waals surface area contributed by atoms with Crippen molar-refractivity contribution in [3.05, 3.63) is 53.8 Å². The van der Waals surface area contributed by atoms with Crippen molar-refractivity contribution in [1.82, 2.24) is 20.0 Å². The Kier molecular flexibility index (Phi) is 9.49. The number of carbonyl (C=O) groups excluding carboxylic acids is 5. The molecule has 4 aliphatic heterocycles. The third-order valence-electron chi connectivity index (χ3n) is 8.82.